The molecule has 1 N–H and O–H groups in total. The highest BCUT2D eigenvalue weighted by Crippen LogP contribution is 2.29. The van der Waals surface area contributed by atoms with Gasteiger partial charge >= 0.3 is 0 Å². The highest BCUT2D eigenvalue weighted by molar-refractivity contribution is 7.80. The first kappa shape index (κ1) is 26.2. The number of carbonyl (C=O) groups excluding carboxylic acids is 1. The summed E-state index contributed by atoms with van der Waals surface area (Å²) in [4.78, 5) is 17.2. The van der Waals surface area contributed by atoms with Crippen LogP contribution in [-0.4, -0.2) is 62.3 Å². The van der Waals surface area contributed by atoms with Gasteiger partial charge < -0.3 is 29.3 Å². The Morgan fingerprint density at radius 2 is 1.70 bits per heavy atom. The monoisotopic (exact) mass is 523 g/mol. The molecule has 0 spiro atoms. The van der Waals surface area contributed by atoms with Crippen LogP contribution in [0, 0.1) is 5.82 Å². The molecular weight excluding hydrogens is 493 g/mol. The second-order valence-corrected chi connectivity index (χ2v) is 8.78. The van der Waals surface area contributed by atoms with Crippen molar-refractivity contribution in [2.75, 3.05) is 56.7 Å². The van der Waals surface area contributed by atoms with E-state index in [0.29, 0.717) is 60.6 Å². The van der Waals surface area contributed by atoms with E-state index in [9.17, 15) is 9.18 Å². The topological polar surface area (TPSA) is 63.3 Å². The molecule has 1 saturated heterocycles. The van der Waals surface area contributed by atoms with Gasteiger partial charge in [-0.15, -0.1) is 0 Å². The highest BCUT2D eigenvalue weighted by Gasteiger charge is 2.22. The molecule has 1 heterocycles. The average Bonchev–Trinajstić information content (AvgIpc) is 2.93. The first-order valence-corrected chi connectivity index (χ1v) is 12.5. The van der Waals surface area contributed by atoms with Gasteiger partial charge in [0, 0.05) is 37.4 Å². The van der Waals surface area contributed by atoms with E-state index in [2.05, 4.69) is 10.2 Å². The van der Waals surface area contributed by atoms with Gasteiger partial charge in [0.2, 0.25) is 0 Å². The van der Waals surface area contributed by atoms with Gasteiger partial charge in [0.05, 0.1) is 19.4 Å². The molecule has 0 aliphatic carbocycles. The molecule has 194 valence electrons. The van der Waals surface area contributed by atoms with Crippen LogP contribution in [0.3, 0.4) is 0 Å². The predicted molar refractivity (Wildman–Crippen MR) is 147 cm³/mol. The van der Waals surface area contributed by atoms with Crippen LogP contribution in [0.4, 0.5) is 15.8 Å². The Morgan fingerprint density at radius 3 is 2.38 bits per heavy atom. The molecule has 7 nitrogen and oxygen atoms in total. The maximum Gasteiger partial charge on any atom is 0.262 e. The molecule has 0 unspecified atom stereocenters. The number of piperazine rings is 1. The van der Waals surface area contributed by atoms with E-state index in [1.165, 1.54) is 6.07 Å². The highest BCUT2D eigenvalue weighted by atomic mass is 32.1. The third kappa shape index (κ3) is 6.68. The number of hydrogen-bond donors (Lipinski definition) is 1. The fourth-order valence-electron chi connectivity index (χ4n) is 4.10. The van der Waals surface area contributed by atoms with Gasteiger partial charge in [-0.3, -0.25) is 4.79 Å². The van der Waals surface area contributed by atoms with Crippen molar-refractivity contribution in [2.24, 2.45) is 0 Å². The van der Waals surface area contributed by atoms with Crippen molar-refractivity contribution in [1.29, 1.82) is 0 Å². The second kappa shape index (κ2) is 12.4. The maximum absolute atomic E-state index is 14.1. The number of methoxy groups -OCH3 is 1. The number of para-hydroxylation sites is 1. The molecule has 4 rings (SSSR count). The molecule has 0 atom stereocenters. The van der Waals surface area contributed by atoms with Crippen molar-refractivity contribution in [2.45, 2.75) is 6.92 Å². The molecule has 1 aliphatic heterocycles. The number of nitrogens with one attached hydrogen (secondary N) is 1. The molecule has 1 fully saturated rings. The van der Waals surface area contributed by atoms with Gasteiger partial charge in [-0.25, -0.2) is 4.39 Å². The summed E-state index contributed by atoms with van der Waals surface area (Å²) in [6.45, 7) is 5.02. The second-order valence-electron chi connectivity index (χ2n) is 8.39. The van der Waals surface area contributed by atoms with Crippen molar-refractivity contribution in [3.63, 3.8) is 0 Å². The van der Waals surface area contributed by atoms with Crippen LogP contribution in [0.5, 0.6) is 17.2 Å². The van der Waals surface area contributed by atoms with E-state index in [-0.39, 0.29) is 18.3 Å². The Kier molecular flexibility index (Phi) is 8.79. The van der Waals surface area contributed by atoms with E-state index in [1.807, 2.05) is 30.0 Å². The molecule has 0 radical (unpaired) electrons. The van der Waals surface area contributed by atoms with Crippen LogP contribution in [0.2, 0.25) is 0 Å². The summed E-state index contributed by atoms with van der Waals surface area (Å²) in [6.07, 6.45) is 0. The summed E-state index contributed by atoms with van der Waals surface area (Å²) in [5.41, 5.74) is 2.08. The van der Waals surface area contributed by atoms with Crippen LogP contribution in [-0.2, 0) is 4.79 Å². The molecular formula is C28H30FN3O4S. The van der Waals surface area contributed by atoms with Crippen molar-refractivity contribution in [3.05, 3.63) is 78.1 Å². The molecule has 3 aromatic carbocycles. The lowest BCUT2D eigenvalue weighted by atomic mass is 10.1. The van der Waals surface area contributed by atoms with Gasteiger partial charge in [0.25, 0.3) is 5.91 Å². The Balaban J connectivity index is 1.32. The number of amides is 1. The van der Waals surface area contributed by atoms with Crippen LogP contribution >= 0.6 is 12.2 Å². The van der Waals surface area contributed by atoms with Gasteiger partial charge in [0.1, 0.15) is 16.6 Å². The van der Waals surface area contributed by atoms with Gasteiger partial charge in [0.15, 0.2) is 18.1 Å². The summed E-state index contributed by atoms with van der Waals surface area (Å²) in [5.74, 6) is 1.16. The van der Waals surface area contributed by atoms with Crippen LogP contribution in [0.15, 0.2) is 66.7 Å². The normalized spacial score (nSPS) is 13.2. The minimum Gasteiger partial charge on any atom is -0.494 e. The fraction of sp³-hybridized carbons (Fsp3) is 0.286. The molecule has 3 aromatic rings. The molecule has 1 aliphatic rings. The smallest absolute Gasteiger partial charge is 0.262 e. The standard InChI is InChI=1S/C28H30FN3O4S/c1-3-35-22-11-9-21(10-12-22)30-27(33)19-36-25-13-8-20(18-26(25)34-2)28(37)32-16-14-31(15-17-32)24-7-5-4-6-23(24)29/h4-13,18H,3,14-17,19H2,1-2H3,(H,30,33). The molecule has 37 heavy (non-hydrogen) atoms. The molecule has 1 amide bonds. The number of carbonyl (C=O) groups is 1. The van der Waals surface area contributed by atoms with Gasteiger partial charge in [-0.2, -0.15) is 0 Å². The Bertz CT molecular complexity index is 1230. The van der Waals surface area contributed by atoms with E-state index < -0.39 is 0 Å². The van der Waals surface area contributed by atoms with Crippen molar-refractivity contribution in [3.8, 4) is 17.2 Å². The summed E-state index contributed by atoms with van der Waals surface area (Å²) in [7, 11) is 1.54. The quantitative estimate of drug-likeness (QED) is 0.406. The zero-order chi connectivity index (χ0) is 26.2. The summed E-state index contributed by atoms with van der Waals surface area (Å²) in [6, 6.07) is 19.4. The lowest BCUT2D eigenvalue weighted by molar-refractivity contribution is -0.118. The van der Waals surface area contributed by atoms with Crippen molar-refractivity contribution in [1.82, 2.24) is 4.90 Å². The van der Waals surface area contributed by atoms with Crippen molar-refractivity contribution < 1.29 is 23.4 Å². The third-order valence-electron chi connectivity index (χ3n) is 5.98. The lowest BCUT2D eigenvalue weighted by Crippen LogP contribution is -2.48. The first-order valence-electron chi connectivity index (χ1n) is 12.1. The van der Waals surface area contributed by atoms with Gasteiger partial charge in [-0.1, -0.05) is 24.4 Å². The summed E-state index contributed by atoms with van der Waals surface area (Å²) < 4.78 is 30.8. The number of hydrogen-bond acceptors (Lipinski definition) is 6. The number of halogens is 1. The number of thiocarbonyl (C=S) groups is 1. The summed E-state index contributed by atoms with van der Waals surface area (Å²) >= 11 is 5.74. The fourth-order valence-corrected chi connectivity index (χ4v) is 4.41. The van der Waals surface area contributed by atoms with E-state index in [1.54, 1.807) is 49.6 Å². The first-order chi connectivity index (χ1) is 18.0. The zero-order valence-corrected chi connectivity index (χ0v) is 21.7. The average molecular weight is 524 g/mol. The van der Waals surface area contributed by atoms with Crippen LogP contribution in [0.1, 0.15) is 12.5 Å². The zero-order valence-electron chi connectivity index (χ0n) is 20.9. The Morgan fingerprint density at radius 1 is 0.973 bits per heavy atom. The molecule has 0 saturated carbocycles. The Labute approximate surface area is 221 Å². The lowest BCUT2D eigenvalue weighted by Gasteiger charge is -2.37. The third-order valence-corrected chi connectivity index (χ3v) is 6.47. The maximum atomic E-state index is 14.1. The van der Waals surface area contributed by atoms with Crippen LogP contribution < -0.4 is 24.4 Å². The molecule has 9 heteroatoms. The Hall–Kier alpha value is -3.85. The van der Waals surface area contributed by atoms with E-state index >= 15 is 0 Å². The van der Waals surface area contributed by atoms with E-state index in [0.717, 1.165) is 11.3 Å². The van der Waals surface area contributed by atoms with Gasteiger partial charge in [-0.05, 0) is 61.5 Å². The van der Waals surface area contributed by atoms with E-state index in [4.69, 9.17) is 26.4 Å². The number of anilines is 2. The minimum absolute atomic E-state index is 0.175. The number of rotatable bonds is 9. The minimum atomic E-state index is -0.293. The predicted octanol–water partition coefficient (Wildman–Crippen LogP) is 4.75. The van der Waals surface area contributed by atoms with Crippen molar-refractivity contribution >= 4 is 34.5 Å². The number of benzene rings is 3. The SMILES string of the molecule is CCOc1ccc(NC(=O)COc2ccc(C(=S)N3CCN(c4ccccc4F)CC3)cc2OC)cc1. The largest absolute Gasteiger partial charge is 0.494 e. The number of ether oxygens (including phenoxy) is 3. The molecule has 0 aromatic heterocycles. The molecule has 0 bridgehead atoms. The number of nitrogens with zero attached hydrogens (tertiary/aromatic N) is 2. The van der Waals surface area contributed by atoms with Crippen LogP contribution in [0.25, 0.3) is 0 Å². The summed E-state index contributed by atoms with van der Waals surface area (Å²) in [5, 5.41) is 2.80.